The predicted molar refractivity (Wildman–Crippen MR) is 63.7 cm³/mol. The number of carbonyl (C=O) groups is 1. The number of hydrogen-bond donors (Lipinski definition) is 1. The van der Waals surface area contributed by atoms with E-state index in [-0.39, 0.29) is 21.8 Å². The molecule has 96 valence electrons. The summed E-state index contributed by atoms with van der Waals surface area (Å²) in [4.78, 5) is 18.3. The Morgan fingerprint density at radius 3 is 2.78 bits per heavy atom. The van der Waals surface area contributed by atoms with Gasteiger partial charge in [0.1, 0.15) is 10.8 Å². The molecule has 0 saturated carbocycles. The maximum absolute atomic E-state index is 11.7. The third-order valence-corrected chi connectivity index (χ3v) is 2.81. The van der Waals surface area contributed by atoms with Gasteiger partial charge in [0.05, 0.1) is 5.02 Å². The molecule has 8 heteroatoms. The SMILES string of the molecule is Cc1noc(C(C)OC(=O)c2cc(Cl)c(Cl)[nH]2)n1. The monoisotopic (exact) mass is 289 g/mol. The minimum Gasteiger partial charge on any atom is -0.448 e. The molecule has 2 aromatic heterocycles. The number of aryl methyl sites for hydroxylation is 1. The molecule has 0 spiro atoms. The van der Waals surface area contributed by atoms with Gasteiger partial charge in [-0.15, -0.1) is 0 Å². The van der Waals surface area contributed by atoms with Gasteiger partial charge in [0.2, 0.25) is 0 Å². The number of halogens is 2. The highest BCUT2D eigenvalue weighted by Gasteiger charge is 2.20. The minimum absolute atomic E-state index is 0.160. The second kappa shape index (κ2) is 4.99. The van der Waals surface area contributed by atoms with Crippen molar-refractivity contribution in [2.75, 3.05) is 0 Å². The molecule has 2 rings (SSSR count). The Labute approximate surface area is 112 Å². The number of H-pyrrole nitrogens is 1. The number of nitrogens with one attached hydrogen (secondary N) is 1. The number of nitrogens with zero attached hydrogens (tertiary/aromatic N) is 2. The van der Waals surface area contributed by atoms with E-state index in [1.54, 1.807) is 13.8 Å². The van der Waals surface area contributed by atoms with Crippen molar-refractivity contribution in [2.45, 2.75) is 20.0 Å². The molecular formula is C10H9Cl2N3O3. The van der Waals surface area contributed by atoms with Crippen LogP contribution in [0.1, 0.15) is 35.2 Å². The lowest BCUT2D eigenvalue weighted by molar-refractivity contribution is 0.0259. The van der Waals surface area contributed by atoms with Gasteiger partial charge >= 0.3 is 5.97 Å². The van der Waals surface area contributed by atoms with Crippen molar-refractivity contribution < 1.29 is 14.1 Å². The molecule has 18 heavy (non-hydrogen) atoms. The van der Waals surface area contributed by atoms with Crippen LogP contribution in [-0.2, 0) is 4.74 Å². The maximum Gasteiger partial charge on any atom is 0.355 e. The van der Waals surface area contributed by atoms with Gasteiger partial charge in [-0.05, 0) is 19.9 Å². The van der Waals surface area contributed by atoms with Crippen LogP contribution in [0.25, 0.3) is 0 Å². The van der Waals surface area contributed by atoms with Gasteiger partial charge in [-0.3, -0.25) is 0 Å². The number of hydrogen-bond acceptors (Lipinski definition) is 5. The molecule has 0 bridgehead atoms. The molecule has 2 aromatic rings. The first-order chi connectivity index (χ1) is 8.47. The first-order valence-corrected chi connectivity index (χ1v) is 5.78. The Hall–Kier alpha value is -1.53. The van der Waals surface area contributed by atoms with Crippen molar-refractivity contribution in [3.05, 3.63) is 33.7 Å². The quantitative estimate of drug-likeness (QED) is 0.879. The zero-order valence-corrected chi connectivity index (χ0v) is 11.0. The summed E-state index contributed by atoms with van der Waals surface area (Å²) in [5, 5.41) is 4.05. The first-order valence-electron chi connectivity index (χ1n) is 5.02. The Bertz CT molecular complexity index is 559. The van der Waals surface area contributed by atoms with Gasteiger partial charge in [-0.1, -0.05) is 28.4 Å². The highest BCUT2D eigenvalue weighted by atomic mass is 35.5. The third kappa shape index (κ3) is 2.65. The molecule has 0 fully saturated rings. The molecule has 0 radical (unpaired) electrons. The lowest BCUT2D eigenvalue weighted by Gasteiger charge is -2.07. The van der Waals surface area contributed by atoms with Crippen molar-refractivity contribution in [2.24, 2.45) is 0 Å². The summed E-state index contributed by atoms with van der Waals surface area (Å²) in [5.74, 6) is 0.0932. The second-order valence-corrected chi connectivity index (χ2v) is 4.36. The third-order valence-electron chi connectivity index (χ3n) is 2.12. The fourth-order valence-electron chi connectivity index (χ4n) is 1.27. The summed E-state index contributed by atoms with van der Waals surface area (Å²) < 4.78 is 10.0. The Morgan fingerprint density at radius 1 is 1.56 bits per heavy atom. The van der Waals surface area contributed by atoms with Crippen LogP contribution in [0, 0.1) is 6.92 Å². The van der Waals surface area contributed by atoms with E-state index in [1.165, 1.54) is 6.07 Å². The van der Waals surface area contributed by atoms with E-state index in [9.17, 15) is 4.79 Å². The number of aromatic amines is 1. The van der Waals surface area contributed by atoms with Crippen molar-refractivity contribution in [1.82, 2.24) is 15.1 Å². The summed E-state index contributed by atoms with van der Waals surface area (Å²) in [7, 11) is 0. The molecular weight excluding hydrogens is 281 g/mol. The van der Waals surface area contributed by atoms with Crippen molar-refractivity contribution >= 4 is 29.2 Å². The molecule has 0 amide bonds. The van der Waals surface area contributed by atoms with Crippen LogP contribution in [0.5, 0.6) is 0 Å². The molecule has 0 aliphatic heterocycles. The van der Waals surface area contributed by atoms with Gasteiger partial charge in [-0.25, -0.2) is 4.79 Å². The fraction of sp³-hybridized carbons (Fsp3) is 0.300. The van der Waals surface area contributed by atoms with Crippen LogP contribution in [-0.4, -0.2) is 21.1 Å². The topological polar surface area (TPSA) is 81.0 Å². The van der Waals surface area contributed by atoms with E-state index in [4.69, 9.17) is 32.5 Å². The Morgan fingerprint density at radius 2 is 2.28 bits per heavy atom. The number of aromatic nitrogens is 3. The van der Waals surface area contributed by atoms with Crippen LogP contribution in [0.4, 0.5) is 0 Å². The first kappa shape index (κ1) is 12.9. The van der Waals surface area contributed by atoms with E-state index in [2.05, 4.69) is 15.1 Å². The number of ether oxygens (including phenoxy) is 1. The van der Waals surface area contributed by atoms with Crippen molar-refractivity contribution in [1.29, 1.82) is 0 Å². The number of rotatable bonds is 3. The minimum atomic E-state index is -0.653. The molecule has 0 saturated heterocycles. The van der Waals surface area contributed by atoms with Gasteiger partial charge in [0.25, 0.3) is 5.89 Å². The van der Waals surface area contributed by atoms with Crippen molar-refractivity contribution in [3.8, 4) is 0 Å². The largest absolute Gasteiger partial charge is 0.448 e. The normalized spacial score (nSPS) is 12.4. The molecule has 0 aliphatic rings. The molecule has 1 unspecified atom stereocenters. The van der Waals surface area contributed by atoms with Crippen LogP contribution in [0.15, 0.2) is 10.6 Å². The summed E-state index contributed by atoms with van der Waals surface area (Å²) in [6.07, 6.45) is -0.653. The Kier molecular flexibility index (Phi) is 3.58. The summed E-state index contributed by atoms with van der Waals surface area (Å²) >= 11 is 11.4. The lowest BCUT2D eigenvalue weighted by atomic mass is 10.4. The van der Waals surface area contributed by atoms with Crippen LogP contribution >= 0.6 is 23.2 Å². The summed E-state index contributed by atoms with van der Waals surface area (Å²) in [6.45, 7) is 3.29. The fourth-order valence-corrected chi connectivity index (χ4v) is 1.58. The zero-order valence-electron chi connectivity index (χ0n) is 9.53. The van der Waals surface area contributed by atoms with E-state index < -0.39 is 12.1 Å². The van der Waals surface area contributed by atoms with Crippen LogP contribution in [0.2, 0.25) is 10.2 Å². The molecule has 1 N–H and O–H groups in total. The second-order valence-electron chi connectivity index (χ2n) is 3.57. The van der Waals surface area contributed by atoms with Gasteiger partial charge < -0.3 is 14.2 Å². The van der Waals surface area contributed by atoms with Gasteiger partial charge in [0, 0.05) is 0 Å². The zero-order chi connectivity index (χ0) is 13.3. The highest BCUT2D eigenvalue weighted by molar-refractivity contribution is 6.41. The van der Waals surface area contributed by atoms with Gasteiger partial charge in [-0.2, -0.15) is 4.98 Å². The Balaban J connectivity index is 2.07. The average molecular weight is 290 g/mol. The average Bonchev–Trinajstić information content (AvgIpc) is 2.86. The lowest BCUT2D eigenvalue weighted by Crippen LogP contribution is -2.09. The molecule has 0 aliphatic carbocycles. The van der Waals surface area contributed by atoms with Crippen molar-refractivity contribution in [3.63, 3.8) is 0 Å². The molecule has 0 aromatic carbocycles. The predicted octanol–water partition coefficient (Wildman–Crippen LogP) is 2.93. The summed E-state index contributed by atoms with van der Waals surface area (Å²) in [6, 6.07) is 1.39. The van der Waals surface area contributed by atoms with Crippen LogP contribution in [0.3, 0.4) is 0 Å². The summed E-state index contributed by atoms with van der Waals surface area (Å²) in [5.41, 5.74) is 0.160. The van der Waals surface area contributed by atoms with E-state index in [0.29, 0.717) is 5.82 Å². The number of esters is 1. The standard InChI is InChI=1S/C10H9Cl2N3O3/c1-4(9-13-5(2)15-18-9)17-10(16)7-3-6(11)8(12)14-7/h3-4,14H,1-2H3. The highest BCUT2D eigenvalue weighted by Crippen LogP contribution is 2.23. The molecule has 2 heterocycles. The smallest absolute Gasteiger partial charge is 0.355 e. The maximum atomic E-state index is 11.7. The van der Waals surface area contributed by atoms with E-state index >= 15 is 0 Å². The number of carbonyl (C=O) groups excluding carboxylic acids is 1. The van der Waals surface area contributed by atoms with Gasteiger partial charge in [0.15, 0.2) is 11.9 Å². The van der Waals surface area contributed by atoms with E-state index in [0.717, 1.165) is 0 Å². The molecule has 6 nitrogen and oxygen atoms in total. The van der Waals surface area contributed by atoms with Crippen LogP contribution < -0.4 is 0 Å². The van der Waals surface area contributed by atoms with E-state index in [1.807, 2.05) is 0 Å². The molecule has 1 atom stereocenters.